The van der Waals surface area contributed by atoms with Crippen molar-refractivity contribution in [2.24, 2.45) is 0 Å². The second-order valence-electron chi connectivity index (χ2n) is 2.74. The first kappa shape index (κ1) is 8.26. The quantitative estimate of drug-likeness (QED) is 0.515. The van der Waals surface area contributed by atoms with Gasteiger partial charge in [0.15, 0.2) is 5.78 Å². The molecule has 0 bridgehead atoms. The number of hydrogen-bond donors (Lipinski definition) is 0. The predicted molar refractivity (Wildman–Crippen MR) is 50.2 cm³/mol. The fraction of sp³-hybridized carbons (Fsp3) is 0.111. The number of rotatable bonds is 1. The number of fused-ring (bicyclic) bond motifs is 1. The van der Waals surface area contributed by atoms with E-state index in [1.807, 2.05) is 0 Å². The number of carbonyl (C=O) groups excluding carboxylic acids is 1. The van der Waals surface area contributed by atoms with Gasteiger partial charge in [0, 0.05) is 6.92 Å². The highest BCUT2D eigenvalue weighted by atomic mass is 35.5. The van der Waals surface area contributed by atoms with Crippen LogP contribution < -0.4 is 0 Å². The van der Waals surface area contributed by atoms with Crippen molar-refractivity contribution in [1.82, 2.24) is 9.38 Å². The maximum atomic E-state index is 11.2. The van der Waals surface area contributed by atoms with E-state index in [0.29, 0.717) is 16.5 Å². The van der Waals surface area contributed by atoms with Crippen LogP contribution in [0.1, 0.15) is 17.4 Å². The summed E-state index contributed by atoms with van der Waals surface area (Å²) in [7, 11) is 0. The third-order valence-corrected chi connectivity index (χ3v) is 2.14. The Bertz CT molecular complexity index is 475. The van der Waals surface area contributed by atoms with E-state index in [0.717, 1.165) is 0 Å². The molecule has 0 fully saturated rings. The van der Waals surface area contributed by atoms with Gasteiger partial charge in [-0.2, -0.15) is 0 Å². The first-order valence-electron chi connectivity index (χ1n) is 3.83. The van der Waals surface area contributed by atoms with Crippen molar-refractivity contribution in [3.05, 3.63) is 35.2 Å². The number of imidazole rings is 1. The van der Waals surface area contributed by atoms with Gasteiger partial charge in [-0.1, -0.05) is 17.7 Å². The van der Waals surface area contributed by atoms with E-state index in [4.69, 9.17) is 11.6 Å². The lowest BCUT2D eigenvalue weighted by Gasteiger charge is -1.99. The maximum absolute atomic E-state index is 11.2. The number of ketones is 1. The van der Waals surface area contributed by atoms with E-state index in [-0.39, 0.29) is 5.78 Å². The summed E-state index contributed by atoms with van der Waals surface area (Å²) in [6.45, 7) is 1.49. The van der Waals surface area contributed by atoms with E-state index >= 15 is 0 Å². The Kier molecular flexibility index (Phi) is 1.81. The summed E-state index contributed by atoms with van der Waals surface area (Å²) in [5, 5.41) is 0.500. The second kappa shape index (κ2) is 2.85. The lowest BCUT2D eigenvalue weighted by Crippen LogP contribution is -1.98. The standard InChI is InChI=1S/C9H7ClN2O/c1-6(13)7-5-11-9-4-2-3-8(10)12(7)9/h2-5H,1H3. The Morgan fingerprint density at radius 3 is 3.00 bits per heavy atom. The zero-order valence-corrected chi connectivity index (χ0v) is 7.75. The summed E-state index contributed by atoms with van der Waals surface area (Å²) in [5.74, 6) is -0.0411. The number of pyridine rings is 1. The molecule has 2 aromatic heterocycles. The summed E-state index contributed by atoms with van der Waals surface area (Å²) in [4.78, 5) is 15.2. The number of hydrogen-bond acceptors (Lipinski definition) is 2. The Morgan fingerprint density at radius 1 is 1.54 bits per heavy atom. The lowest BCUT2D eigenvalue weighted by molar-refractivity contribution is 0.101. The van der Waals surface area contributed by atoms with Crippen LogP contribution in [-0.4, -0.2) is 15.2 Å². The van der Waals surface area contributed by atoms with Gasteiger partial charge in [0.05, 0.1) is 6.20 Å². The highest BCUT2D eigenvalue weighted by Crippen LogP contribution is 2.15. The fourth-order valence-corrected chi connectivity index (χ4v) is 1.50. The van der Waals surface area contributed by atoms with Crippen molar-refractivity contribution < 1.29 is 4.79 Å². The summed E-state index contributed by atoms with van der Waals surface area (Å²) >= 11 is 5.92. The maximum Gasteiger partial charge on any atom is 0.178 e. The summed E-state index contributed by atoms with van der Waals surface area (Å²) in [6.07, 6.45) is 1.53. The van der Waals surface area contributed by atoms with Gasteiger partial charge in [-0.05, 0) is 12.1 Å². The molecule has 0 N–H and O–H groups in total. The molecule has 2 rings (SSSR count). The van der Waals surface area contributed by atoms with Crippen molar-refractivity contribution in [1.29, 1.82) is 0 Å². The molecule has 0 saturated heterocycles. The first-order valence-corrected chi connectivity index (χ1v) is 4.21. The first-order chi connectivity index (χ1) is 6.20. The number of aromatic nitrogens is 2. The molecule has 0 saturated carbocycles. The van der Waals surface area contributed by atoms with Crippen molar-refractivity contribution in [3.8, 4) is 0 Å². The highest BCUT2D eigenvalue weighted by Gasteiger charge is 2.08. The molecule has 66 valence electrons. The third kappa shape index (κ3) is 1.21. The Balaban J connectivity index is 2.86. The van der Waals surface area contributed by atoms with Crippen LogP contribution >= 0.6 is 11.6 Å². The zero-order valence-electron chi connectivity index (χ0n) is 6.99. The van der Waals surface area contributed by atoms with Crippen LogP contribution in [0, 0.1) is 0 Å². The topological polar surface area (TPSA) is 34.4 Å². The average molecular weight is 195 g/mol. The van der Waals surface area contributed by atoms with E-state index in [9.17, 15) is 4.79 Å². The van der Waals surface area contributed by atoms with Crippen LogP contribution in [-0.2, 0) is 0 Å². The van der Waals surface area contributed by atoms with Gasteiger partial charge in [0.1, 0.15) is 16.5 Å². The van der Waals surface area contributed by atoms with E-state index in [1.165, 1.54) is 13.1 Å². The molecule has 0 radical (unpaired) electrons. The molecule has 4 heteroatoms. The monoisotopic (exact) mass is 194 g/mol. The van der Waals surface area contributed by atoms with Crippen LogP contribution in [0.5, 0.6) is 0 Å². The van der Waals surface area contributed by atoms with Crippen LogP contribution in [0.15, 0.2) is 24.4 Å². The van der Waals surface area contributed by atoms with Gasteiger partial charge < -0.3 is 0 Å². The minimum absolute atomic E-state index is 0.0411. The molecule has 0 aliphatic carbocycles. The van der Waals surface area contributed by atoms with Crippen LogP contribution in [0.4, 0.5) is 0 Å². The highest BCUT2D eigenvalue weighted by molar-refractivity contribution is 6.30. The fourth-order valence-electron chi connectivity index (χ4n) is 1.24. The molecule has 0 amide bonds. The molecular weight excluding hydrogens is 188 g/mol. The smallest absolute Gasteiger partial charge is 0.178 e. The summed E-state index contributed by atoms with van der Waals surface area (Å²) in [5.41, 5.74) is 1.21. The molecule has 0 aromatic carbocycles. The SMILES string of the molecule is CC(=O)c1cnc2cccc(Cl)n12. The van der Waals surface area contributed by atoms with Gasteiger partial charge in [-0.3, -0.25) is 9.20 Å². The molecule has 13 heavy (non-hydrogen) atoms. The molecule has 0 unspecified atom stereocenters. The van der Waals surface area contributed by atoms with Gasteiger partial charge >= 0.3 is 0 Å². The van der Waals surface area contributed by atoms with Gasteiger partial charge in [0.25, 0.3) is 0 Å². The van der Waals surface area contributed by atoms with E-state index in [1.54, 1.807) is 22.6 Å². The second-order valence-corrected chi connectivity index (χ2v) is 3.13. The Morgan fingerprint density at radius 2 is 2.31 bits per heavy atom. The third-order valence-electron chi connectivity index (χ3n) is 1.84. The van der Waals surface area contributed by atoms with E-state index < -0.39 is 0 Å². The predicted octanol–water partition coefficient (Wildman–Crippen LogP) is 2.19. The lowest BCUT2D eigenvalue weighted by atomic mass is 10.3. The van der Waals surface area contributed by atoms with Crippen molar-refractivity contribution in [2.75, 3.05) is 0 Å². The van der Waals surface area contributed by atoms with Gasteiger partial charge in [-0.25, -0.2) is 4.98 Å². The van der Waals surface area contributed by atoms with Gasteiger partial charge in [-0.15, -0.1) is 0 Å². The Hall–Kier alpha value is -1.35. The minimum atomic E-state index is -0.0411. The van der Waals surface area contributed by atoms with Crippen LogP contribution in [0.2, 0.25) is 5.15 Å². The normalized spacial score (nSPS) is 10.6. The average Bonchev–Trinajstić information content (AvgIpc) is 2.49. The molecule has 2 heterocycles. The molecule has 0 aliphatic heterocycles. The summed E-state index contributed by atoms with van der Waals surface area (Å²) in [6, 6.07) is 5.33. The number of nitrogens with zero attached hydrogens (tertiary/aromatic N) is 2. The molecule has 3 nitrogen and oxygen atoms in total. The van der Waals surface area contributed by atoms with Gasteiger partial charge in [0.2, 0.25) is 0 Å². The number of halogens is 1. The van der Waals surface area contributed by atoms with Crippen LogP contribution in [0.3, 0.4) is 0 Å². The minimum Gasteiger partial charge on any atom is -0.293 e. The molecule has 0 spiro atoms. The van der Waals surface area contributed by atoms with Crippen molar-refractivity contribution in [3.63, 3.8) is 0 Å². The number of Topliss-reactive ketones (excluding diaryl/α,β-unsaturated/α-hetero) is 1. The van der Waals surface area contributed by atoms with Crippen LogP contribution in [0.25, 0.3) is 5.65 Å². The molecule has 0 aliphatic rings. The largest absolute Gasteiger partial charge is 0.293 e. The molecular formula is C9H7ClN2O. The van der Waals surface area contributed by atoms with Crippen molar-refractivity contribution >= 4 is 23.0 Å². The Labute approximate surface area is 80.0 Å². The molecule has 0 atom stereocenters. The van der Waals surface area contributed by atoms with E-state index in [2.05, 4.69) is 4.98 Å². The van der Waals surface area contributed by atoms with Crippen molar-refractivity contribution in [2.45, 2.75) is 6.92 Å². The summed E-state index contributed by atoms with van der Waals surface area (Å²) < 4.78 is 1.63. The molecule has 2 aromatic rings. The number of carbonyl (C=O) groups is 1. The zero-order chi connectivity index (χ0) is 9.42.